The lowest BCUT2D eigenvalue weighted by Gasteiger charge is -2.26. The van der Waals surface area contributed by atoms with Crippen LogP contribution < -0.4 is 21.9 Å². The van der Waals surface area contributed by atoms with E-state index >= 15 is 0 Å². The molecule has 0 aliphatic rings. The van der Waals surface area contributed by atoms with Crippen LogP contribution in [0.3, 0.4) is 0 Å². The van der Waals surface area contributed by atoms with Crippen LogP contribution in [0.15, 0.2) is 33.9 Å². The van der Waals surface area contributed by atoms with Gasteiger partial charge >= 0.3 is 5.69 Å². The first-order chi connectivity index (χ1) is 13.6. The van der Waals surface area contributed by atoms with E-state index in [0.717, 1.165) is 5.56 Å². The Balaban J connectivity index is 2.41. The molecule has 0 unspecified atom stereocenters. The molecule has 0 spiro atoms. The summed E-state index contributed by atoms with van der Waals surface area (Å²) in [7, 11) is 0. The van der Waals surface area contributed by atoms with Crippen LogP contribution in [0.5, 0.6) is 0 Å². The van der Waals surface area contributed by atoms with Crippen LogP contribution in [0.4, 0.5) is 11.5 Å². The highest BCUT2D eigenvalue weighted by Gasteiger charge is 2.25. The van der Waals surface area contributed by atoms with Crippen molar-refractivity contribution < 1.29 is 4.79 Å². The fraction of sp³-hybridized carbons (Fsp3) is 0.476. The summed E-state index contributed by atoms with van der Waals surface area (Å²) in [5.41, 5.74) is 5.87. The maximum atomic E-state index is 13.1. The highest BCUT2D eigenvalue weighted by molar-refractivity contribution is 6.31. The molecular weight excluding hydrogens is 392 g/mol. The van der Waals surface area contributed by atoms with Gasteiger partial charge in [0.05, 0.1) is 0 Å². The van der Waals surface area contributed by atoms with Crippen LogP contribution in [0.25, 0.3) is 0 Å². The van der Waals surface area contributed by atoms with Crippen LogP contribution in [0, 0.1) is 11.8 Å². The zero-order chi connectivity index (χ0) is 21.7. The number of halogens is 1. The third-order valence-corrected chi connectivity index (χ3v) is 4.82. The quantitative estimate of drug-likeness (QED) is 0.685. The topological polar surface area (TPSA) is 101 Å². The minimum Gasteiger partial charge on any atom is -0.383 e. The first kappa shape index (κ1) is 22.7. The van der Waals surface area contributed by atoms with Crippen molar-refractivity contribution in [2.24, 2.45) is 11.8 Å². The van der Waals surface area contributed by atoms with Gasteiger partial charge in [0.15, 0.2) is 5.69 Å². The number of amides is 1. The standard InChI is InChI=1S/C21H29ClN4O3/c1-13(2)11-25(17(27)10-9-15-7-5-6-8-16(15)22)18-19(23)26(12-14(3)4)21(29)24-20(18)28/h5-8,13-14H,9-12,23H2,1-4H3,(H,24,28,29). The first-order valence-electron chi connectivity index (χ1n) is 9.78. The molecule has 0 saturated heterocycles. The lowest BCUT2D eigenvalue weighted by molar-refractivity contribution is -0.118. The van der Waals surface area contributed by atoms with Crippen LogP contribution in [-0.2, 0) is 17.8 Å². The van der Waals surface area contributed by atoms with Crippen molar-refractivity contribution in [2.45, 2.75) is 47.1 Å². The second-order valence-electron chi connectivity index (χ2n) is 7.99. The molecule has 2 rings (SSSR count). The number of hydrogen-bond donors (Lipinski definition) is 2. The maximum Gasteiger partial charge on any atom is 0.330 e. The van der Waals surface area contributed by atoms with Gasteiger partial charge in [-0.3, -0.25) is 19.1 Å². The minimum absolute atomic E-state index is 0.0131. The van der Waals surface area contributed by atoms with Gasteiger partial charge in [-0.2, -0.15) is 0 Å². The van der Waals surface area contributed by atoms with Gasteiger partial charge in [0.1, 0.15) is 5.82 Å². The summed E-state index contributed by atoms with van der Waals surface area (Å²) in [6, 6.07) is 7.34. The number of nitrogens with one attached hydrogen (secondary N) is 1. The zero-order valence-corrected chi connectivity index (χ0v) is 18.1. The van der Waals surface area contributed by atoms with Crippen molar-refractivity contribution in [3.63, 3.8) is 0 Å². The number of nitrogen functional groups attached to an aromatic ring is 1. The monoisotopic (exact) mass is 420 g/mol. The summed E-state index contributed by atoms with van der Waals surface area (Å²) in [6.45, 7) is 8.44. The van der Waals surface area contributed by atoms with E-state index in [9.17, 15) is 14.4 Å². The third kappa shape index (κ3) is 5.73. The van der Waals surface area contributed by atoms with E-state index in [1.54, 1.807) is 6.07 Å². The van der Waals surface area contributed by atoms with Gasteiger partial charge in [-0.25, -0.2) is 4.79 Å². The predicted molar refractivity (Wildman–Crippen MR) is 118 cm³/mol. The van der Waals surface area contributed by atoms with E-state index in [4.69, 9.17) is 17.3 Å². The maximum absolute atomic E-state index is 13.1. The molecule has 1 amide bonds. The van der Waals surface area contributed by atoms with Crippen molar-refractivity contribution in [1.29, 1.82) is 0 Å². The smallest absolute Gasteiger partial charge is 0.330 e. The van der Waals surface area contributed by atoms with Crippen molar-refractivity contribution in [1.82, 2.24) is 9.55 Å². The predicted octanol–water partition coefficient (Wildman–Crippen LogP) is 3.05. The number of aromatic amines is 1. The van der Waals surface area contributed by atoms with Crippen LogP contribution in [0.1, 0.15) is 39.7 Å². The van der Waals surface area contributed by atoms with E-state index in [1.165, 1.54) is 9.47 Å². The number of nitrogens with zero attached hydrogens (tertiary/aromatic N) is 2. The molecule has 0 saturated carbocycles. The van der Waals surface area contributed by atoms with E-state index < -0.39 is 11.2 Å². The van der Waals surface area contributed by atoms with Crippen molar-refractivity contribution in [2.75, 3.05) is 17.2 Å². The number of hydrogen-bond acceptors (Lipinski definition) is 4. The van der Waals surface area contributed by atoms with E-state index in [0.29, 0.717) is 24.5 Å². The second-order valence-corrected chi connectivity index (χ2v) is 8.39. The molecule has 29 heavy (non-hydrogen) atoms. The lowest BCUT2D eigenvalue weighted by Crippen LogP contribution is -2.43. The Kier molecular flexibility index (Phi) is 7.67. The van der Waals surface area contributed by atoms with Crippen molar-refractivity contribution in [3.8, 4) is 0 Å². The molecule has 158 valence electrons. The largest absolute Gasteiger partial charge is 0.383 e. The van der Waals surface area contributed by atoms with Gasteiger partial charge in [0, 0.05) is 24.5 Å². The number of rotatable bonds is 8. The molecule has 0 aliphatic heterocycles. The lowest BCUT2D eigenvalue weighted by atomic mass is 10.1. The molecule has 3 N–H and O–H groups in total. The second kappa shape index (κ2) is 9.78. The summed E-state index contributed by atoms with van der Waals surface area (Å²) in [5, 5.41) is 0.596. The summed E-state index contributed by atoms with van der Waals surface area (Å²) in [4.78, 5) is 41.6. The van der Waals surface area contributed by atoms with Gasteiger partial charge in [0.2, 0.25) is 5.91 Å². The molecule has 1 aromatic heterocycles. The normalized spacial score (nSPS) is 11.3. The zero-order valence-electron chi connectivity index (χ0n) is 17.4. The number of carbonyl (C=O) groups is 1. The number of benzene rings is 1. The number of H-pyrrole nitrogens is 1. The Labute approximate surface area is 175 Å². The highest BCUT2D eigenvalue weighted by Crippen LogP contribution is 2.22. The number of aromatic nitrogens is 2. The van der Waals surface area contributed by atoms with Crippen molar-refractivity contribution in [3.05, 3.63) is 55.7 Å². The van der Waals surface area contributed by atoms with Gasteiger partial charge in [0.25, 0.3) is 5.56 Å². The fourth-order valence-electron chi connectivity index (χ4n) is 3.15. The van der Waals surface area contributed by atoms with Gasteiger partial charge in [-0.15, -0.1) is 0 Å². The van der Waals surface area contributed by atoms with Crippen molar-refractivity contribution >= 4 is 29.0 Å². The summed E-state index contributed by atoms with van der Waals surface area (Å²) in [5.74, 6) is 0.0107. The highest BCUT2D eigenvalue weighted by atomic mass is 35.5. The Hall–Kier alpha value is -2.54. The molecule has 1 aromatic carbocycles. The van der Waals surface area contributed by atoms with Crippen LogP contribution in [0.2, 0.25) is 5.02 Å². The molecule has 0 atom stereocenters. The van der Waals surface area contributed by atoms with Crippen LogP contribution >= 0.6 is 11.6 Å². The number of anilines is 2. The first-order valence-corrected chi connectivity index (χ1v) is 10.2. The summed E-state index contributed by atoms with van der Waals surface area (Å²) < 4.78 is 1.32. The molecule has 8 heteroatoms. The average molecular weight is 421 g/mol. The molecule has 7 nitrogen and oxygen atoms in total. The van der Waals surface area contributed by atoms with Gasteiger partial charge in [-0.05, 0) is 29.9 Å². The molecule has 1 heterocycles. The Morgan fingerprint density at radius 2 is 1.83 bits per heavy atom. The minimum atomic E-state index is -0.653. The third-order valence-electron chi connectivity index (χ3n) is 4.45. The van der Waals surface area contributed by atoms with Gasteiger partial charge in [-0.1, -0.05) is 57.5 Å². The SMILES string of the molecule is CC(C)CN(C(=O)CCc1ccccc1Cl)c1c(N)n(CC(C)C)c(=O)[nH]c1=O. The van der Waals surface area contributed by atoms with E-state index in [2.05, 4.69) is 4.98 Å². The number of carbonyl (C=O) groups excluding carboxylic acids is 1. The van der Waals surface area contributed by atoms with E-state index in [-0.39, 0.29) is 35.7 Å². The Morgan fingerprint density at radius 3 is 2.41 bits per heavy atom. The van der Waals surface area contributed by atoms with Gasteiger partial charge < -0.3 is 10.6 Å². The molecule has 0 bridgehead atoms. The molecule has 0 fully saturated rings. The fourth-order valence-corrected chi connectivity index (χ4v) is 3.38. The van der Waals surface area contributed by atoms with Crippen LogP contribution in [-0.4, -0.2) is 22.0 Å². The Morgan fingerprint density at radius 1 is 1.17 bits per heavy atom. The number of nitrogens with two attached hydrogens (primary N) is 1. The van der Waals surface area contributed by atoms with E-state index in [1.807, 2.05) is 45.9 Å². The average Bonchev–Trinajstić information content (AvgIpc) is 2.62. The number of aryl methyl sites for hydroxylation is 1. The molecule has 2 aromatic rings. The Bertz CT molecular complexity index is 979. The molecular formula is C21H29ClN4O3. The molecule has 0 aliphatic carbocycles. The summed E-state index contributed by atoms with van der Waals surface area (Å²) in [6.07, 6.45) is 0.606. The summed E-state index contributed by atoms with van der Waals surface area (Å²) >= 11 is 6.19. The molecule has 0 radical (unpaired) electrons.